The summed E-state index contributed by atoms with van der Waals surface area (Å²) in [6.45, 7) is -0.249. The molecular weight excluding hydrogens is 326 g/mol. The van der Waals surface area contributed by atoms with E-state index >= 15 is 0 Å². The summed E-state index contributed by atoms with van der Waals surface area (Å²) in [5.74, 6) is -0.669. The SMILES string of the molecule is O=C(COC(=O)Cc1ccc2c(c1)CCC2)Nc1ccc2c(c1)CCC2. The molecule has 4 nitrogen and oxygen atoms in total. The minimum atomic E-state index is -0.368. The number of anilines is 1. The summed E-state index contributed by atoms with van der Waals surface area (Å²) in [6, 6.07) is 12.2. The molecular formula is C22H23NO3. The Bertz CT molecular complexity index is 785. The highest BCUT2D eigenvalue weighted by Gasteiger charge is 2.15. The van der Waals surface area contributed by atoms with E-state index in [9.17, 15) is 9.59 Å². The molecule has 2 aromatic carbocycles. The molecule has 0 saturated carbocycles. The Labute approximate surface area is 153 Å². The number of aryl methyl sites for hydroxylation is 4. The molecule has 0 atom stereocenters. The van der Waals surface area contributed by atoms with Crippen LogP contribution in [0.3, 0.4) is 0 Å². The summed E-state index contributed by atoms with van der Waals surface area (Å²) >= 11 is 0. The predicted octanol–water partition coefficient (Wildman–Crippen LogP) is 3.39. The van der Waals surface area contributed by atoms with Crippen molar-refractivity contribution >= 4 is 17.6 Å². The van der Waals surface area contributed by atoms with E-state index in [2.05, 4.69) is 23.5 Å². The van der Waals surface area contributed by atoms with Crippen molar-refractivity contribution in [2.24, 2.45) is 0 Å². The largest absolute Gasteiger partial charge is 0.455 e. The molecule has 0 saturated heterocycles. The van der Waals surface area contributed by atoms with Gasteiger partial charge in [0.1, 0.15) is 0 Å². The Kier molecular flexibility index (Phi) is 4.74. The Morgan fingerprint density at radius 3 is 2.27 bits per heavy atom. The number of ether oxygens (including phenoxy) is 1. The van der Waals surface area contributed by atoms with Gasteiger partial charge in [0.05, 0.1) is 6.42 Å². The number of nitrogens with one attached hydrogen (secondary N) is 1. The molecule has 4 rings (SSSR count). The van der Waals surface area contributed by atoms with Gasteiger partial charge in [0.2, 0.25) is 0 Å². The fourth-order valence-electron chi connectivity index (χ4n) is 3.95. The van der Waals surface area contributed by atoms with Gasteiger partial charge >= 0.3 is 5.97 Å². The molecule has 2 aliphatic rings. The van der Waals surface area contributed by atoms with Crippen molar-refractivity contribution in [1.82, 2.24) is 0 Å². The second kappa shape index (κ2) is 7.32. The third kappa shape index (κ3) is 3.79. The van der Waals surface area contributed by atoms with Gasteiger partial charge in [-0.05, 0) is 78.5 Å². The van der Waals surface area contributed by atoms with E-state index in [4.69, 9.17) is 4.74 Å². The maximum absolute atomic E-state index is 12.0. The van der Waals surface area contributed by atoms with E-state index in [-0.39, 0.29) is 24.9 Å². The molecule has 4 heteroatoms. The highest BCUT2D eigenvalue weighted by atomic mass is 16.5. The fourth-order valence-corrected chi connectivity index (χ4v) is 3.95. The second-order valence-corrected chi connectivity index (χ2v) is 7.18. The van der Waals surface area contributed by atoms with Gasteiger partial charge in [0.15, 0.2) is 6.61 Å². The monoisotopic (exact) mass is 349 g/mol. The maximum atomic E-state index is 12.0. The van der Waals surface area contributed by atoms with Crippen LogP contribution in [0.4, 0.5) is 5.69 Å². The van der Waals surface area contributed by atoms with Crippen LogP contribution in [-0.2, 0) is 46.4 Å². The number of hydrogen-bond acceptors (Lipinski definition) is 3. The fraction of sp³-hybridized carbons (Fsp3) is 0.364. The summed E-state index contributed by atoms with van der Waals surface area (Å²) < 4.78 is 5.14. The molecule has 2 aromatic rings. The normalized spacial score (nSPS) is 14.6. The molecule has 0 aromatic heterocycles. The van der Waals surface area contributed by atoms with Gasteiger partial charge in [0.25, 0.3) is 5.91 Å². The molecule has 134 valence electrons. The lowest BCUT2D eigenvalue weighted by atomic mass is 10.0. The van der Waals surface area contributed by atoms with Crippen LogP contribution in [-0.4, -0.2) is 18.5 Å². The molecule has 0 bridgehead atoms. The summed E-state index contributed by atoms with van der Waals surface area (Å²) in [5, 5.41) is 2.81. The minimum Gasteiger partial charge on any atom is -0.455 e. The molecule has 1 N–H and O–H groups in total. The number of hydrogen-bond donors (Lipinski definition) is 1. The number of rotatable bonds is 5. The number of amides is 1. The molecule has 2 aliphatic carbocycles. The van der Waals surface area contributed by atoms with Gasteiger partial charge in [-0.3, -0.25) is 9.59 Å². The molecule has 26 heavy (non-hydrogen) atoms. The first-order valence-electron chi connectivity index (χ1n) is 9.35. The number of esters is 1. The Hall–Kier alpha value is -2.62. The van der Waals surface area contributed by atoms with E-state index in [1.54, 1.807) is 0 Å². The average Bonchev–Trinajstić information content (AvgIpc) is 3.28. The standard InChI is InChI=1S/C22H23NO3/c24-21(23-20-10-9-17-4-2-6-19(17)13-20)14-26-22(25)12-15-7-8-16-3-1-5-18(16)11-15/h7-11,13H,1-6,12,14H2,(H,23,24). The summed E-state index contributed by atoms with van der Waals surface area (Å²) in [5.41, 5.74) is 7.11. The third-order valence-corrected chi connectivity index (χ3v) is 5.26. The molecule has 0 aliphatic heterocycles. The van der Waals surface area contributed by atoms with Crippen molar-refractivity contribution in [3.05, 3.63) is 64.2 Å². The lowest BCUT2D eigenvalue weighted by Gasteiger charge is -2.09. The first-order valence-corrected chi connectivity index (χ1v) is 9.35. The van der Waals surface area contributed by atoms with Gasteiger partial charge in [-0.25, -0.2) is 0 Å². The number of fused-ring (bicyclic) bond motifs is 2. The first-order chi connectivity index (χ1) is 12.7. The van der Waals surface area contributed by atoms with Crippen LogP contribution >= 0.6 is 0 Å². The van der Waals surface area contributed by atoms with Crippen molar-refractivity contribution in [3.63, 3.8) is 0 Å². The van der Waals surface area contributed by atoms with E-state index < -0.39 is 0 Å². The Morgan fingerprint density at radius 2 is 1.50 bits per heavy atom. The molecule has 0 spiro atoms. The number of benzene rings is 2. The molecule has 0 fully saturated rings. The minimum absolute atomic E-state index is 0.208. The maximum Gasteiger partial charge on any atom is 0.310 e. The average molecular weight is 349 g/mol. The Morgan fingerprint density at radius 1 is 0.846 bits per heavy atom. The van der Waals surface area contributed by atoms with Crippen molar-refractivity contribution < 1.29 is 14.3 Å². The zero-order chi connectivity index (χ0) is 17.9. The highest BCUT2D eigenvalue weighted by molar-refractivity contribution is 5.93. The van der Waals surface area contributed by atoms with Crippen molar-refractivity contribution in [1.29, 1.82) is 0 Å². The number of carbonyl (C=O) groups excluding carboxylic acids is 2. The van der Waals surface area contributed by atoms with Gasteiger partial charge in [-0.1, -0.05) is 24.3 Å². The highest BCUT2D eigenvalue weighted by Crippen LogP contribution is 2.25. The van der Waals surface area contributed by atoms with E-state index in [0.717, 1.165) is 36.9 Å². The number of carbonyl (C=O) groups is 2. The van der Waals surface area contributed by atoms with E-state index in [1.807, 2.05) is 18.2 Å². The molecule has 0 radical (unpaired) electrons. The third-order valence-electron chi connectivity index (χ3n) is 5.26. The van der Waals surface area contributed by atoms with Crippen LogP contribution in [0, 0.1) is 0 Å². The topological polar surface area (TPSA) is 55.4 Å². The van der Waals surface area contributed by atoms with Crippen molar-refractivity contribution in [3.8, 4) is 0 Å². The van der Waals surface area contributed by atoms with E-state index in [1.165, 1.54) is 35.1 Å². The van der Waals surface area contributed by atoms with Gasteiger partial charge in [-0.15, -0.1) is 0 Å². The van der Waals surface area contributed by atoms with E-state index in [0.29, 0.717) is 0 Å². The van der Waals surface area contributed by atoms with Crippen LogP contribution in [0.15, 0.2) is 36.4 Å². The van der Waals surface area contributed by atoms with Crippen LogP contribution in [0.5, 0.6) is 0 Å². The van der Waals surface area contributed by atoms with Crippen LogP contribution in [0.25, 0.3) is 0 Å². The quantitative estimate of drug-likeness (QED) is 0.842. The molecule has 0 heterocycles. The smallest absolute Gasteiger partial charge is 0.310 e. The van der Waals surface area contributed by atoms with Crippen LogP contribution < -0.4 is 5.32 Å². The summed E-state index contributed by atoms with van der Waals surface area (Å²) in [7, 11) is 0. The van der Waals surface area contributed by atoms with Gasteiger partial charge < -0.3 is 10.1 Å². The van der Waals surface area contributed by atoms with Gasteiger partial charge in [0, 0.05) is 5.69 Å². The predicted molar refractivity (Wildman–Crippen MR) is 100 cm³/mol. The molecule has 0 unspecified atom stereocenters. The van der Waals surface area contributed by atoms with Crippen molar-refractivity contribution in [2.75, 3.05) is 11.9 Å². The Balaban J connectivity index is 1.27. The second-order valence-electron chi connectivity index (χ2n) is 7.18. The van der Waals surface area contributed by atoms with Crippen molar-refractivity contribution in [2.45, 2.75) is 44.9 Å². The van der Waals surface area contributed by atoms with Crippen LogP contribution in [0.2, 0.25) is 0 Å². The zero-order valence-corrected chi connectivity index (χ0v) is 14.8. The zero-order valence-electron chi connectivity index (χ0n) is 14.8. The first kappa shape index (κ1) is 16.8. The van der Waals surface area contributed by atoms with Crippen LogP contribution in [0.1, 0.15) is 40.7 Å². The summed E-state index contributed by atoms with van der Waals surface area (Å²) in [4.78, 5) is 24.1. The lowest BCUT2D eigenvalue weighted by Crippen LogP contribution is -2.21. The summed E-state index contributed by atoms with van der Waals surface area (Å²) in [6.07, 6.45) is 6.96. The van der Waals surface area contributed by atoms with Gasteiger partial charge in [-0.2, -0.15) is 0 Å². The molecule has 1 amide bonds. The lowest BCUT2D eigenvalue weighted by molar-refractivity contribution is -0.146.